The summed E-state index contributed by atoms with van der Waals surface area (Å²) in [5.41, 5.74) is 0.0365. The summed E-state index contributed by atoms with van der Waals surface area (Å²) in [7, 11) is 0. The summed E-state index contributed by atoms with van der Waals surface area (Å²) in [5, 5.41) is 9.84. The average Bonchev–Trinajstić information content (AvgIpc) is 2.24. The highest BCUT2D eigenvalue weighted by atomic mass is 35.5. The fourth-order valence-electron chi connectivity index (χ4n) is 2.02. The second-order valence-electron chi connectivity index (χ2n) is 5.79. The van der Waals surface area contributed by atoms with E-state index < -0.39 is 11.4 Å². The van der Waals surface area contributed by atoms with Gasteiger partial charge in [0.15, 0.2) is 0 Å². The number of halogens is 1. The standard InChI is InChI=1S/C15H19ClO3/c1-15(2,14(17)18)9-10-8-11(16)6-7-13(10)19-12-4-3-5-12/h6-8,12H,3-5,9H2,1-2H3,(H,17,18). The van der Waals surface area contributed by atoms with Crippen LogP contribution >= 0.6 is 11.6 Å². The molecule has 1 saturated carbocycles. The topological polar surface area (TPSA) is 46.5 Å². The third-order valence-corrected chi connectivity index (χ3v) is 3.81. The van der Waals surface area contributed by atoms with Gasteiger partial charge in [-0.15, -0.1) is 0 Å². The highest BCUT2D eigenvalue weighted by Gasteiger charge is 2.29. The molecule has 0 heterocycles. The lowest BCUT2D eigenvalue weighted by Crippen LogP contribution is -2.28. The molecule has 0 bridgehead atoms. The van der Waals surface area contributed by atoms with Crippen molar-refractivity contribution in [1.29, 1.82) is 0 Å². The van der Waals surface area contributed by atoms with Gasteiger partial charge in [0.2, 0.25) is 0 Å². The van der Waals surface area contributed by atoms with E-state index in [9.17, 15) is 9.90 Å². The molecule has 1 N–H and O–H groups in total. The highest BCUT2D eigenvalue weighted by Crippen LogP contribution is 2.33. The quantitative estimate of drug-likeness (QED) is 0.890. The van der Waals surface area contributed by atoms with E-state index in [1.807, 2.05) is 6.07 Å². The van der Waals surface area contributed by atoms with Gasteiger partial charge >= 0.3 is 5.97 Å². The molecule has 0 atom stereocenters. The van der Waals surface area contributed by atoms with Crippen LogP contribution < -0.4 is 4.74 Å². The zero-order valence-electron chi connectivity index (χ0n) is 11.3. The minimum atomic E-state index is -0.831. The van der Waals surface area contributed by atoms with Gasteiger partial charge in [-0.05, 0) is 63.3 Å². The highest BCUT2D eigenvalue weighted by molar-refractivity contribution is 6.30. The first kappa shape index (κ1) is 14.2. The van der Waals surface area contributed by atoms with Gasteiger partial charge in [-0.1, -0.05) is 11.6 Å². The van der Waals surface area contributed by atoms with Gasteiger partial charge in [0.25, 0.3) is 0 Å². The number of carboxylic acid groups (broad SMARTS) is 1. The van der Waals surface area contributed by atoms with Crippen LogP contribution in [0, 0.1) is 5.41 Å². The average molecular weight is 283 g/mol. The van der Waals surface area contributed by atoms with E-state index in [1.54, 1.807) is 26.0 Å². The van der Waals surface area contributed by atoms with Gasteiger partial charge in [0.1, 0.15) is 5.75 Å². The van der Waals surface area contributed by atoms with Crippen LogP contribution in [0.4, 0.5) is 0 Å². The fourth-order valence-corrected chi connectivity index (χ4v) is 2.22. The molecule has 0 spiro atoms. The van der Waals surface area contributed by atoms with Gasteiger partial charge < -0.3 is 9.84 Å². The molecule has 0 saturated heterocycles. The minimum absolute atomic E-state index is 0.271. The molecule has 0 amide bonds. The number of hydrogen-bond acceptors (Lipinski definition) is 2. The molecule has 0 aliphatic heterocycles. The molecule has 19 heavy (non-hydrogen) atoms. The first-order chi connectivity index (χ1) is 8.88. The molecule has 104 valence electrons. The van der Waals surface area contributed by atoms with Crippen LogP contribution in [0.15, 0.2) is 18.2 Å². The second-order valence-corrected chi connectivity index (χ2v) is 6.23. The Morgan fingerprint density at radius 1 is 1.47 bits per heavy atom. The van der Waals surface area contributed by atoms with Crippen molar-refractivity contribution in [3.8, 4) is 5.75 Å². The van der Waals surface area contributed by atoms with E-state index in [4.69, 9.17) is 16.3 Å². The van der Waals surface area contributed by atoms with Crippen molar-refractivity contribution in [2.75, 3.05) is 0 Å². The van der Waals surface area contributed by atoms with Crippen molar-refractivity contribution < 1.29 is 14.6 Å². The predicted molar refractivity (Wildman–Crippen MR) is 74.8 cm³/mol. The predicted octanol–water partition coefficient (Wildman–Crippen LogP) is 3.92. The molecule has 2 rings (SSSR count). The Hall–Kier alpha value is -1.22. The number of rotatable bonds is 5. The van der Waals surface area contributed by atoms with Crippen LogP contribution in [0.25, 0.3) is 0 Å². The van der Waals surface area contributed by atoms with Crippen molar-refractivity contribution >= 4 is 17.6 Å². The van der Waals surface area contributed by atoms with Crippen LogP contribution in [-0.4, -0.2) is 17.2 Å². The van der Waals surface area contributed by atoms with E-state index in [-0.39, 0.29) is 6.10 Å². The Morgan fingerprint density at radius 2 is 2.16 bits per heavy atom. The molecule has 1 aromatic carbocycles. The molecular weight excluding hydrogens is 264 g/mol. The Balaban J connectivity index is 2.21. The number of benzene rings is 1. The van der Waals surface area contributed by atoms with E-state index >= 15 is 0 Å². The summed E-state index contributed by atoms with van der Waals surface area (Å²) in [4.78, 5) is 11.2. The fraction of sp³-hybridized carbons (Fsp3) is 0.533. The number of aliphatic carboxylic acids is 1. The molecule has 1 aromatic rings. The second kappa shape index (κ2) is 5.41. The molecule has 0 radical (unpaired) electrons. The van der Waals surface area contributed by atoms with Crippen LogP contribution in [0.3, 0.4) is 0 Å². The summed E-state index contributed by atoms with van der Waals surface area (Å²) in [5.74, 6) is -0.0505. The minimum Gasteiger partial charge on any atom is -0.490 e. The van der Waals surface area contributed by atoms with Gasteiger partial charge in [0.05, 0.1) is 11.5 Å². The maximum absolute atomic E-state index is 11.2. The number of carboxylic acids is 1. The molecular formula is C15H19ClO3. The Morgan fingerprint density at radius 3 is 2.68 bits per heavy atom. The SMILES string of the molecule is CC(C)(Cc1cc(Cl)ccc1OC1CCC1)C(=O)O. The maximum atomic E-state index is 11.2. The number of hydrogen-bond donors (Lipinski definition) is 1. The zero-order chi connectivity index (χ0) is 14.0. The first-order valence-electron chi connectivity index (χ1n) is 6.57. The van der Waals surface area contributed by atoms with E-state index in [2.05, 4.69) is 0 Å². The number of carbonyl (C=O) groups is 1. The van der Waals surface area contributed by atoms with Crippen molar-refractivity contribution in [3.63, 3.8) is 0 Å². The number of ether oxygens (including phenoxy) is 1. The van der Waals surface area contributed by atoms with Crippen LogP contribution in [0.5, 0.6) is 5.75 Å². The largest absolute Gasteiger partial charge is 0.490 e. The van der Waals surface area contributed by atoms with Crippen molar-refractivity contribution in [3.05, 3.63) is 28.8 Å². The lowest BCUT2D eigenvalue weighted by Gasteiger charge is -2.28. The van der Waals surface area contributed by atoms with E-state index in [0.29, 0.717) is 11.4 Å². The molecule has 1 fully saturated rings. The lowest BCUT2D eigenvalue weighted by atomic mass is 9.85. The van der Waals surface area contributed by atoms with Crippen molar-refractivity contribution in [2.24, 2.45) is 5.41 Å². The van der Waals surface area contributed by atoms with E-state index in [0.717, 1.165) is 24.2 Å². The van der Waals surface area contributed by atoms with Gasteiger partial charge in [-0.25, -0.2) is 0 Å². The van der Waals surface area contributed by atoms with Crippen molar-refractivity contribution in [2.45, 2.75) is 45.6 Å². The first-order valence-corrected chi connectivity index (χ1v) is 6.95. The third kappa shape index (κ3) is 3.41. The molecule has 1 aliphatic rings. The van der Waals surface area contributed by atoms with Crippen LogP contribution in [0.1, 0.15) is 38.7 Å². The molecule has 0 unspecified atom stereocenters. The van der Waals surface area contributed by atoms with Gasteiger partial charge in [0, 0.05) is 5.02 Å². The molecule has 1 aliphatic carbocycles. The lowest BCUT2D eigenvalue weighted by molar-refractivity contribution is -0.146. The Kier molecular flexibility index (Phi) is 4.04. The summed E-state index contributed by atoms with van der Waals surface area (Å²) < 4.78 is 5.91. The summed E-state index contributed by atoms with van der Waals surface area (Å²) >= 11 is 6.01. The Labute approximate surface area is 118 Å². The van der Waals surface area contributed by atoms with E-state index in [1.165, 1.54) is 6.42 Å². The normalized spacial score (nSPS) is 15.9. The zero-order valence-corrected chi connectivity index (χ0v) is 12.0. The van der Waals surface area contributed by atoms with Crippen LogP contribution in [0.2, 0.25) is 5.02 Å². The summed E-state index contributed by atoms with van der Waals surface area (Å²) in [6.45, 7) is 3.42. The van der Waals surface area contributed by atoms with Gasteiger partial charge in [-0.2, -0.15) is 0 Å². The maximum Gasteiger partial charge on any atom is 0.309 e. The smallest absolute Gasteiger partial charge is 0.309 e. The summed E-state index contributed by atoms with van der Waals surface area (Å²) in [6.07, 6.45) is 4.03. The molecule has 4 heteroatoms. The van der Waals surface area contributed by atoms with Crippen LogP contribution in [-0.2, 0) is 11.2 Å². The third-order valence-electron chi connectivity index (χ3n) is 3.58. The molecule has 0 aromatic heterocycles. The van der Waals surface area contributed by atoms with Gasteiger partial charge in [-0.3, -0.25) is 4.79 Å². The monoisotopic (exact) mass is 282 g/mol. The Bertz CT molecular complexity index is 478. The summed E-state index contributed by atoms with van der Waals surface area (Å²) in [6, 6.07) is 5.43. The van der Waals surface area contributed by atoms with Crippen molar-refractivity contribution in [1.82, 2.24) is 0 Å². The molecule has 3 nitrogen and oxygen atoms in total.